The second-order valence-electron chi connectivity index (χ2n) is 3.25. The number of aldehydes is 1. The molecule has 1 rings (SSSR count). The molecule has 0 amide bonds. The fraction of sp³-hybridized carbons (Fsp3) is 0.500. The van der Waals surface area contributed by atoms with Crippen LogP contribution in [0.4, 0.5) is 4.39 Å². The summed E-state index contributed by atoms with van der Waals surface area (Å²) in [5.74, 6) is 0. The van der Waals surface area contributed by atoms with Gasteiger partial charge >= 0.3 is 0 Å². The largest absolute Gasteiger partial charge is 0.296 e. The average molecular weight is 170 g/mol. The van der Waals surface area contributed by atoms with Gasteiger partial charge in [0, 0.05) is 6.20 Å². The van der Waals surface area contributed by atoms with Crippen molar-refractivity contribution < 1.29 is 9.18 Å². The zero-order valence-electron chi connectivity index (χ0n) is 7.12. The van der Waals surface area contributed by atoms with Crippen LogP contribution in [0.15, 0.2) is 12.3 Å². The van der Waals surface area contributed by atoms with Crippen molar-refractivity contribution in [2.24, 2.45) is 0 Å². The minimum absolute atomic E-state index is 0.105. The van der Waals surface area contributed by atoms with Gasteiger partial charge in [0.15, 0.2) is 6.29 Å². The number of halogens is 1. The molecule has 0 saturated heterocycles. The predicted octanol–water partition coefficient (Wildman–Crippen LogP) is 1.44. The fourth-order valence-corrected chi connectivity index (χ4v) is 0.931. The van der Waals surface area contributed by atoms with Crippen LogP contribution in [0.3, 0.4) is 0 Å². The number of hydrogen-bond donors (Lipinski definition) is 0. The van der Waals surface area contributed by atoms with E-state index in [0.717, 1.165) is 0 Å². The van der Waals surface area contributed by atoms with Crippen LogP contribution in [-0.4, -0.2) is 21.7 Å². The van der Waals surface area contributed by atoms with Gasteiger partial charge in [0.25, 0.3) is 0 Å². The van der Waals surface area contributed by atoms with Gasteiger partial charge in [-0.3, -0.25) is 9.48 Å². The molecular formula is C8H11FN2O. The first kappa shape index (κ1) is 8.90. The standard InChI is InChI=1S/C8H11FN2O/c1-8(2,9)6-11-7(5-12)3-4-10-11/h3-5H,6H2,1-2H3. The number of nitrogens with zero attached hydrogens (tertiary/aromatic N) is 2. The van der Waals surface area contributed by atoms with Crippen LogP contribution in [0.25, 0.3) is 0 Å². The number of rotatable bonds is 3. The first-order valence-corrected chi connectivity index (χ1v) is 3.69. The lowest BCUT2D eigenvalue weighted by Crippen LogP contribution is -2.22. The van der Waals surface area contributed by atoms with E-state index in [1.54, 1.807) is 6.07 Å². The minimum Gasteiger partial charge on any atom is -0.296 e. The molecule has 4 heteroatoms. The van der Waals surface area contributed by atoms with E-state index >= 15 is 0 Å². The maximum absolute atomic E-state index is 13.1. The molecule has 0 saturated carbocycles. The summed E-state index contributed by atoms with van der Waals surface area (Å²) in [5, 5.41) is 3.82. The molecule has 0 atom stereocenters. The van der Waals surface area contributed by atoms with Crippen molar-refractivity contribution in [3.63, 3.8) is 0 Å². The third kappa shape index (κ3) is 2.15. The van der Waals surface area contributed by atoms with Gasteiger partial charge in [0.1, 0.15) is 11.4 Å². The molecule has 0 aliphatic heterocycles. The van der Waals surface area contributed by atoms with Crippen LogP contribution < -0.4 is 0 Å². The van der Waals surface area contributed by atoms with Gasteiger partial charge < -0.3 is 0 Å². The quantitative estimate of drug-likeness (QED) is 0.643. The Bertz CT molecular complexity index is 275. The maximum atomic E-state index is 13.1. The molecule has 1 aromatic heterocycles. The molecule has 0 aromatic carbocycles. The van der Waals surface area contributed by atoms with E-state index in [1.807, 2.05) is 0 Å². The molecule has 0 radical (unpaired) electrons. The van der Waals surface area contributed by atoms with E-state index in [2.05, 4.69) is 5.10 Å². The molecule has 0 N–H and O–H groups in total. The SMILES string of the molecule is CC(C)(F)Cn1nccc1C=O. The van der Waals surface area contributed by atoms with E-state index in [9.17, 15) is 9.18 Å². The Kier molecular flexibility index (Phi) is 2.26. The second-order valence-corrected chi connectivity index (χ2v) is 3.25. The van der Waals surface area contributed by atoms with Gasteiger partial charge in [0.2, 0.25) is 0 Å². The highest BCUT2D eigenvalue weighted by atomic mass is 19.1. The molecule has 0 spiro atoms. The molecule has 0 unspecified atom stereocenters. The van der Waals surface area contributed by atoms with Crippen LogP contribution in [0.5, 0.6) is 0 Å². The molecule has 1 heterocycles. The third-order valence-corrected chi connectivity index (χ3v) is 1.40. The lowest BCUT2D eigenvalue weighted by molar-refractivity contribution is 0.110. The van der Waals surface area contributed by atoms with Gasteiger partial charge in [-0.2, -0.15) is 5.10 Å². The summed E-state index contributed by atoms with van der Waals surface area (Å²) < 4.78 is 14.4. The first-order valence-electron chi connectivity index (χ1n) is 3.69. The van der Waals surface area contributed by atoms with Crippen molar-refractivity contribution in [3.8, 4) is 0 Å². The van der Waals surface area contributed by atoms with E-state index in [-0.39, 0.29) is 6.54 Å². The number of hydrogen-bond acceptors (Lipinski definition) is 2. The summed E-state index contributed by atoms with van der Waals surface area (Å²) in [4.78, 5) is 10.4. The predicted molar refractivity (Wildman–Crippen MR) is 42.8 cm³/mol. The van der Waals surface area contributed by atoms with Gasteiger partial charge in [0.05, 0.1) is 6.54 Å². The summed E-state index contributed by atoms with van der Waals surface area (Å²) in [7, 11) is 0. The molecule has 12 heavy (non-hydrogen) atoms. The van der Waals surface area contributed by atoms with E-state index < -0.39 is 5.67 Å². The third-order valence-electron chi connectivity index (χ3n) is 1.40. The van der Waals surface area contributed by atoms with Crippen LogP contribution in [-0.2, 0) is 6.54 Å². The molecule has 66 valence electrons. The summed E-state index contributed by atoms with van der Waals surface area (Å²) in [6, 6.07) is 1.55. The minimum atomic E-state index is -1.34. The van der Waals surface area contributed by atoms with Gasteiger partial charge in [-0.15, -0.1) is 0 Å². The van der Waals surface area contributed by atoms with E-state index in [0.29, 0.717) is 12.0 Å². The summed E-state index contributed by atoms with van der Waals surface area (Å²) in [6.07, 6.45) is 2.15. The first-order chi connectivity index (χ1) is 5.53. The Labute approximate surface area is 70.2 Å². The van der Waals surface area contributed by atoms with Gasteiger partial charge in [-0.1, -0.05) is 0 Å². The number of aromatic nitrogens is 2. The molecule has 0 fully saturated rings. The Morgan fingerprint density at radius 2 is 2.42 bits per heavy atom. The van der Waals surface area contributed by atoms with Crippen molar-refractivity contribution >= 4 is 6.29 Å². The van der Waals surface area contributed by atoms with Crippen molar-refractivity contribution in [2.45, 2.75) is 26.1 Å². The van der Waals surface area contributed by atoms with Gasteiger partial charge in [-0.25, -0.2) is 4.39 Å². The normalized spacial score (nSPS) is 11.6. The highest BCUT2D eigenvalue weighted by Crippen LogP contribution is 2.11. The van der Waals surface area contributed by atoms with Crippen LogP contribution >= 0.6 is 0 Å². The van der Waals surface area contributed by atoms with Crippen molar-refractivity contribution in [1.29, 1.82) is 0 Å². The highest BCUT2D eigenvalue weighted by Gasteiger charge is 2.17. The summed E-state index contributed by atoms with van der Waals surface area (Å²) in [6.45, 7) is 3.00. The Morgan fingerprint density at radius 3 is 2.92 bits per heavy atom. The Morgan fingerprint density at radius 1 is 1.75 bits per heavy atom. The number of carbonyl (C=O) groups is 1. The zero-order chi connectivity index (χ0) is 9.19. The summed E-state index contributed by atoms with van der Waals surface area (Å²) in [5.41, 5.74) is -0.940. The zero-order valence-corrected chi connectivity index (χ0v) is 7.12. The number of carbonyl (C=O) groups excluding carboxylic acids is 1. The lowest BCUT2D eigenvalue weighted by Gasteiger charge is -2.14. The molecule has 0 bridgehead atoms. The van der Waals surface area contributed by atoms with Crippen molar-refractivity contribution in [1.82, 2.24) is 9.78 Å². The van der Waals surface area contributed by atoms with Crippen LogP contribution in [0.1, 0.15) is 24.3 Å². The number of alkyl halides is 1. The molecule has 0 aliphatic carbocycles. The Balaban J connectivity index is 2.81. The van der Waals surface area contributed by atoms with Gasteiger partial charge in [-0.05, 0) is 19.9 Å². The molecular weight excluding hydrogens is 159 g/mol. The van der Waals surface area contributed by atoms with Crippen LogP contribution in [0, 0.1) is 0 Å². The highest BCUT2D eigenvalue weighted by molar-refractivity contribution is 5.71. The Hall–Kier alpha value is -1.19. The molecule has 3 nitrogen and oxygen atoms in total. The monoisotopic (exact) mass is 170 g/mol. The van der Waals surface area contributed by atoms with Crippen molar-refractivity contribution in [2.75, 3.05) is 0 Å². The second kappa shape index (κ2) is 3.05. The maximum Gasteiger partial charge on any atom is 0.168 e. The van der Waals surface area contributed by atoms with Crippen LogP contribution in [0.2, 0.25) is 0 Å². The fourth-order valence-electron chi connectivity index (χ4n) is 0.931. The van der Waals surface area contributed by atoms with E-state index in [1.165, 1.54) is 24.7 Å². The van der Waals surface area contributed by atoms with E-state index in [4.69, 9.17) is 0 Å². The average Bonchev–Trinajstić information content (AvgIpc) is 2.31. The smallest absolute Gasteiger partial charge is 0.168 e. The molecule has 0 aliphatic rings. The summed E-state index contributed by atoms with van der Waals surface area (Å²) >= 11 is 0. The lowest BCUT2D eigenvalue weighted by atomic mass is 10.2. The van der Waals surface area contributed by atoms with Crippen molar-refractivity contribution in [3.05, 3.63) is 18.0 Å². The topological polar surface area (TPSA) is 34.9 Å². The molecule has 1 aromatic rings.